The fraction of sp³-hybridized carbons (Fsp3) is 0.636. The summed E-state index contributed by atoms with van der Waals surface area (Å²) in [5.41, 5.74) is 1.46. The third-order valence-corrected chi connectivity index (χ3v) is 3.18. The van der Waals surface area contributed by atoms with Crippen molar-refractivity contribution in [2.45, 2.75) is 33.2 Å². The fourth-order valence-electron chi connectivity index (χ4n) is 2.18. The van der Waals surface area contributed by atoms with Gasteiger partial charge in [0, 0.05) is 12.7 Å². The highest BCUT2D eigenvalue weighted by molar-refractivity contribution is 5.91. The number of anilines is 1. The largest absolute Gasteiger partial charge is 0.463 e. The third-order valence-electron chi connectivity index (χ3n) is 3.18. The number of tetrazole rings is 1. The average Bonchev–Trinajstić information content (AvgIpc) is 2.82. The first-order valence-electron chi connectivity index (χ1n) is 6.01. The van der Waals surface area contributed by atoms with E-state index in [0.717, 1.165) is 12.1 Å². The Labute approximate surface area is 105 Å². The summed E-state index contributed by atoms with van der Waals surface area (Å²) in [6.45, 7) is 6.03. The molecule has 0 spiro atoms. The van der Waals surface area contributed by atoms with Gasteiger partial charge in [0.2, 0.25) is 5.95 Å². The van der Waals surface area contributed by atoms with Gasteiger partial charge in [0.05, 0.1) is 18.2 Å². The van der Waals surface area contributed by atoms with Crippen molar-refractivity contribution in [1.82, 2.24) is 20.2 Å². The molecule has 1 aliphatic rings. The van der Waals surface area contributed by atoms with Gasteiger partial charge < -0.3 is 9.64 Å². The lowest BCUT2D eigenvalue weighted by atomic mass is 10.0. The van der Waals surface area contributed by atoms with Gasteiger partial charge in [-0.15, -0.1) is 0 Å². The summed E-state index contributed by atoms with van der Waals surface area (Å²) in [4.78, 5) is 13.9. The topological polar surface area (TPSA) is 73.1 Å². The number of hydrogen-bond donors (Lipinski definition) is 0. The van der Waals surface area contributed by atoms with Crippen molar-refractivity contribution in [3.8, 4) is 0 Å². The Morgan fingerprint density at radius 2 is 2.17 bits per heavy atom. The number of fused-ring (bicyclic) bond motifs is 1. The number of allylic oxidation sites excluding steroid dienone is 1. The SMILES string of the molecule is CCOC(=O)C1=C(C)N(C)c2nnnn2C1CC. The molecule has 1 atom stereocenters. The molecule has 98 valence electrons. The van der Waals surface area contributed by atoms with Crippen LogP contribution in [0.2, 0.25) is 0 Å². The van der Waals surface area contributed by atoms with Crippen LogP contribution in [0.25, 0.3) is 0 Å². The molecular weight excluding hydrogens is 234 g/mol. The zero-order chi connectivity index (χ0) is 13.3. The van der Waals surface area contributed by atoms with Crippen molar-refractivity contribution in [1.29, 1.82) is 0 Å². The second-order valence-corrected chi connectivity index (χ2v) is 4.13. The van der Waals surface area contributed by atoms with Gasteiger partial charge in [-0.25, -0.2) is 9.48 Å². The van der Waals surface area contributed by atoms with Crippen LogP contribution in [0.3, 0.4) is 0 Å². The van der Waals surface area contributed by atoms with Crippen LogP contribution >= 0.6 is 0 Å². The summed E-state index contributed by atoms with van der Waals surface area (Å²) >= 11 is 0. The zero-order valence-electron chi connectivity index (χ0n) is 11.0. The Morgan fingerprint density at radius 3 is 2.78 bits per heavy atom. The number of esters is 1. The summed E-state index contributed by atoms with van der Waals surface area (Å²) in [7, 11) is 1.84. The highest BCUT2D eigenvalue weighted by Gasteiger charge is 2.34. The second-order valence-electron chi connectivity index (χ2n) is 4.13. The standard InChI is InChI=1S/C11H17N5O2/c1-5-8-9(10(17)18-6-2)7(3)15(4)11-12-13-14-16(8)11/h8H,5-6H2,1-4H3. The number of hydrogen-bond acceptors (Lipinski definition) is 6. The number of carbonyl (C=O) groups is 1. The van der Waals surface area contributed by atoms with Crippen LogP contribution in [-0.2, 0) is 9.53 Å². The van der Waals surface area contributed by atoms with Crippen LogP contribution in [0, 0.1) is 0 Å². The summed E-state index contributed by atoms with van der Waals surface area (Å²) in [5.74, 6) is 0.349. The van der Waals surface area contributed by atoms with Crippen molar-refractivity contribution in [2.24, 2.45) is 0 Å². The Morgan fingerprint density at radius 1 is 1.44 bits per heavy atom. The number of ether oxygens (including phenoxy) is 1. The van der Waals surface area contributed by atoms with Crippen molar-refractivity contribution >= 4 is 11.9 Å². The van der Waals surface area contributed by atoms with E-state index in [1.165, 1.54) is 0 Å². The molecule has 0 saturated heterocycles. The van der Waals surface area contributed by atoms with Crippen molar-refractivity contribution in [2.75, 3.05) is 18.6 Å². The fourth-order valence-corrected chi connectivity index (χ4v) is 2.18. The molecule has 1 unspecified atom stereocenters. The van der Waals surface area contributed by atoms with E-state index in [1.807, 2.05) is 20.9 Å². The van der Waals surface area contributed by atoms with Crippen LogP contribution in [0.15, 0.2) is 11.3 Å². The molecule has 1 aromatic heterocycles. The van der Waals surface area contributed by atoms with Gasteiger partial charge in [-0.1, -0.05) is 12.0 Å². The molecule has 1 aliphatic heterocycles. The molecule has 1 aromatic rings. The second kappa shape index (κ2) is 4.75. The van der Waals surface area contributed by atoms with Crippen molar-refractivity contribution < 1.29 is 9.53 Å². The monoisotopic (exact) mass is 251 g/mol. The van der Waals surface area contributed by atoms with E-state index in [4.69, 9.17) is 4.74 Å². The summed E-state index contributed by atoms with van der Waals surface area (Å²) in [6.07, 6.45) is 0.733. The minimum atomic E-state index is -0.296. The molecule has 18 heavy (non-hydrogen) atoms. The lowest BCUT2D eigenvalue weighted by Gasteiger charge is -2.31. The molecule has 7 heteroatoms. The van der Waals surface area contributed by atoms with Crippen LogP contribution in [0.4, 0.5) is 5.95 Å². The Bertz CT molecular complexity index is 493. The van der Waals surface area contributed by atoms with Gasteiger partial charge in [-0.2, -0.15) is 0 Å². The summed E-state index contributed by atoms with van der Waals surface area (Å²) < 4.78 is 6.78. The van der Waals surface area contributed by atoms with Gasteiger partial charge in [-0.05, 0) is 30.7 Å². The van der Waals surface area contributed by atoms with Gasteiger partial charge in [-0.3, -0.25) is 0 Å². The lowest BCUT2D eigenvalue weighted by Crippen LogP contribution is -2.34. The predicted molar refractivity (Wildman–Crippen MR) is 64.9 cm³/mol. The smallest absolute Gasteiger partial charge is 0.337 e. The van der Waals surface area contributed by atoms with Gasteiger partial charge in [0.15, 0.2) is 0 Å². The first-order valence-corrected chi connectivity index (χ1v) is 6.01. The maximum atomic E-state index is 12.1. The van der Waals surface area contributed by atoms with Crippen LogP contribution < -0.4 is 4.90 Å². The summed E-state index contributed by atoms with van der Waals surface area (Å²) in [6, 6.07) is -0.162. The molecule has 0 aromatic carbocycles. The Balaban J connectivity index is 2.48. The van der Waals surface area contributed by atoms with Gasteiger partial charge in [0.1, 0.15) is 0 Å². The van der Waals surface area contributed by atoms with E-state index >= 15 is 0 Å². The first-order chi connectivity index (χ1) is 8.61. The van der Waals surface area contributed by atoms with Crippen LogP contribution in [0.1, 0.15) is 33.2 Å². The maximum absolute atomic E-state index is 12.1. The molecule has 0 amide bonds. The van der Waals surface area contributed by atoms with Crippen molar-refractivity contribution in [3.63, 3.8) is 0 Å². The molecule has 0 aliphatic carbocycles. The van der Waals surface area contributed by atoms with Crippen molar-refractivity contribution in [3.05, 3.63) is 11.3 Å². The number of carbonyl (C=O) groups excluding carboxylic acids is 1. The molecule has 7 nitrogen and oxygen atoms in total. The predicted octanol–water partition coefficient (Wildman–Crippen LogP) is 0.911. The third kappa shape index (κ3) is 1.75. The Kier molecular flexibility index (Phi) is 3.31. The molecule has 0 radical (unpaired) electrons. The lowest BCUT2D eigenvalue weighted by molar-refractivity contribution is -0.139. The Hall–Kier alpha value is -1.92. The maximum Gasteiger partial charge on any atom is 0.337 e. The molecule has 2 rings (SSSR count). The number of rotatable bonds is 3. The molecule has 0 N–H and O–H groups in total. The molecule has 0 saturated carbocycles. The van der Waals surface area contributed by atoms with E-state index in [2.05, 4.69) is 15.5 Å². The molecule has 0 bridgehead atoms. The van der Waals surface area contributed by atoms with E-state index in [-0.39, 0.29) is 12.0 Å². The number of aromatic nitrogens is 4. The van der Waals surface area contributed by atoms with Gasteiger partial charge in [0.25, 0.3) is 0 Å². The zero-order valence-corrected chi connectivity index (χ0v) is 11.0. The van der Waals surface area contributed by atoms with E-state index in [0.29, 0.717) is 18.1 Å². The normalized spacial score (nSPS) is 18.9. The number of nitrogens with zero attached hydrogens (tertiary/aromatic N) is 5. The highest BCUT2D eigenvalue weighted by Crippen LogP contribution is 2.34. The highest BCUT2D eigenvalue weighted by atomic mass is 16.5. The molecule has 0 fully saturated rings. The average molecular weight is 251 g/mol. The quantitative estimate of drug-likeness (QED) is 0.743. The van der Waals surface area contributed by atoms with Crippen LogP contribution in [0.5, 0.6) is 0 Å². The van der Waals surface area contributed by atoms with Gasteiger partial charge >= 0.3 is 5.97 Å². The van der Waals surface area contributed by atoms with E-state index in [9.17, 15) is 4.79 Å². The van der Waals surface area contributed by atoms with E-state index in [1.54, 1.807) is 16.5 Å². The molecular formula is C11H17N5O2. The minimum Gasteiger partial charge on any atom is -0.463 e. The molecule has 2 heterocycles. The van der Waals surface area contributed by atoms with E-state index < -0.39 is 0 Å². The summed E-state index contributed by atoms with van der Waals surface area (Å²) in [5, 5.41) is 11.6. The van der Waals surface area contributed by atoms with Crippen LogP contribution in [-0.4, -0.2) is 39.8 Å². The minimum absolute atomic E-state index is 0.162. The first kappa shape index (κ1) is 12.5.